The first-order valence-electron chi connectivity index (χ1n) is 10.9. The topological polar surface area (TPSA) is 96.3 Å². The summed E-state index contributed by atoms with van der Waals surface area (Å²) < 4.78 is 41.3. The van der Waals surface area contributed by atoms with E-state index in [4.69, 9.17) is 0 Å². The summed E-state index contributed by atoms with van der Waals surface area (Å²) in [4.78, 5) is 38.7. The van der Waals surface area contributed by atoms with E-state index in [9.17, 15) is 27.6 Å². The van der Waals surface area contributed by atoms with Crippen LogP contribution in [0.3, 0.4) is 0 Å². The van der Waals surface area contributed by atoms with Crippen LogP contribution in [-0.2, 0) is 15.8 Å². The number of rotatable bonds is 7. The number of hydrogen-bond donors (Lipinski definition) is 2. The van der Waals surface area contributed by atoms with E-state index in [1.54, 1.807) is 54.6 Å². The van der Waals surface area contributed by atoms with Gasteiger partial charge in [0.1, 0.15) is 0 Å². The molecule has 0 aliphatic carbocycles. The fraction of sp³-hybridized carbons (Fsp3) is 0.250. The molecule has 2 aromatic carbocycles. The molecule has 3 amide bonds. The van der Waals surface area contributed by atoms with Crippen LogP contribution in [-0.4, -0.2) is 47.1 Å². The molecule has 0 saturated carbocycles. The maximum absolute atomic E-state index is 13.4. The van der Waals surface area contributed by atoms with E-state index in [1.807, 2.05) is 6.07 Å². The molecule has 35 heavy (non-hydrogen) atoms. The minimum Gasteiger partial charge on any atom is -0.354 e. The Morgan fingerprint density at radius 1 is 0.943 bits per heavy atom. The van der Waals surface area contributed by atoms with E-state index in [2.05, 4.69) is 15.7 Å². The molecule has 8 nitrogen and oxygen atoms in total. The highest BCUT2D eigenvalue weighted by Crippen LogP contribution is 2.31. The number of anilines is 1. The standard InChI is InChI=1S/C24H22F3N5O3/c25-24(26,27)21-19(15-32(30-21)18-9-5-2-6-10-18)23(35)29-12-11-28-22(34)16-13-20(33)31(14-16)17-7-3-1-4-8-17/h1-10,15-16H,11-14H2,(H,28,34)(H,29,35). The number of halogens is 3. The summed E-state index contributed by atoms with van der Waals surface area (Å²) >= 11 is 0. The molecule has 1 aliphatic heterocycles. The van der Waals surface area contributed by atoms with Gasteiger partial charge >= 0.3 is 6.18 Å². The lowest BCUT2D eigenvalue weighted by Crippen LogP contribution is -2.38. The number of para-hydroxylation sites is 2. The third kappa shape index (κ3) is 5.51. The van der Waals surface area contributed by atoms with E-state index in [-0.39, 0.29) is 37.9 Å². The number of benzene rings is 2. The SMILES string of the molecule is O=C(NCCNC(=O)C1CC(=O)N(c2ccccc2)C1)c1cn(-c2ccccc2)nc1C(F)(F)F. The van der Waals surface area contributed by atoms with Crippen LogP contribution >= 0.6 is 0 Å². The van der Waals surface area contributed by atoms with Crippen molar-refractivity contribution in [2.24, 2.45) is 5.92 Å². The van der Waals surface area contributed by atoms with Gasteiger partial charge in [0.15, 0.2) is 5.69 Å². The van der Waals surface area contributed by atoms with E-state index in [0.717, 1.165) is 10.9 Å². The molecule has 0 bridgehead atoms. The van der Waals surface area contributed by atoms with Gasteiger partial charge in [-0.2, -0.15) is 18.3 Å². The molecule has 1 unspecified atom stereocenters. The van der Waals surface area contributed by atoms with E-state index in [0.29, 0.717) is 11.4 Å². The summed E-state index contributed by atoms with van der Waals surface area (Å²) in [5, 5.41) is 8.55. The number of nitrogens with zero attached hydrogens (tertiary/aromatic N) is 3. The van der Waals surface area contributed by atoms with Gasteiger partial charge in [0.2, 0.25) is 11.8 Å². The molecule has 2 heterocycles. The molecule has 1 aliphatic rings. The van der Waals surface area contributed by atoms with Crippen LogP contribution in [0.4, 0.5) is 18.9 Å². The molecule has 1 fully saturated rings. The Labute approximate surface area is 198 Å². The second kappa shape index (κ2) is 10.00. The van der Waals surface area contributed by atoms with Crippen LogP contribution in [0.1, 0.15) is 22.5 Å². The molecular formula is C24H22F3N5O3. The average Bonchev–Trinajstić information content (AvgIpc) is 3.47. The monoisotopic (exact) mass is 485 g/mol. The van der Waals surface area contributed by atoms with Crippen LogP contribution < -0.4 is 15.5 Å². The lowest BCUT2D eigenvalue weighted by molar-refractivity contribution is -0.141. The van der Waals surface area contributed by atoms with Crippen molar-refractivity contribution < 1.29 is 27.6 Å². The Kier molecular flexibility index (Phi) is 6.85. The van der Waals surface area contributed by atoms with Crippen molar-refractivity contribution in [1.82, 2.24) is 20.4 Å². The number of alkyl halides is 3. The van der Waals surface area contributed by atoms with Crippen LogP contribution in [0.5, 0.6) is 0 Å². The van der Waals surface area contributed by atoms with Gasteiger partial charge in [0, 0.05) is 37.9 Å². The van der Waals surface area contributed by atoms with Crippen molar-refractivity contribution in [3.8, 4) is 5.69 Å². The van der Waals surface area contributed by atoms with Gasteiger partial charge in [-0.3, -0.25) is 14.4 Å². The summed E-state index contributed by atoms with van der Waals surface area (Å²) in [6.45, 7) is 0.130. The second-order valence-electron chi connectivity index (χ2n) is 7.96. The van der Waals surface area contributed by atoms with Gasteiger partial charge in [-0.25, -0.2) is 4.68 Å². The number of carbonyl (C=O) groups is 3. The molecule has 182 valence electrons. The first kappa shape index (κ1) is 24.0. The van der Waals surface area contributed by atoms with Gasteiger partial charge in [-0.05, 0) is 24.3 Å². The van der Waals surface area contributed by atoms with Crippen molar-refractivity contribution in [1.29, 1.82) is 0 Å². The molecule has 4 rings (SSSR count). The van der Waals surface area contributed by atoms with Crippen molar-refractivity contribution in [3.63, 3.8) is 0 Å². The van der Waals surface area contributed by atoms with E-state index >= 15 is 0 Å². The van der Waals surface area contributed by atoms with Gasteiger partial charge in [-0.15, -0.1) is 0 Å². The zero-order valence-electron chi connectivity index (χ0n) is 18.5. The van der Waals surface area contributed by atoms with Crippen molar-refractivity contribution in [2.45, 2.75) is 12.6 Å². The summed E-state index contributed by atoms with van der Waals surface area (Å²) in [6, 6.07) is 17.1. The first-order chi connectivity index (χ1) is 16.7. The summed E-state index contributed by atoms with van der Waals surface area (Å²) in [6.07, 6.45) is -3.74. The van der Waals surface area contributed by atoms with Gasteiger partial charge < -0.3 is 15.5 Å². The number of amides is 3. The lowest BCUT2D eigenvalue weighted by Gasteiger charge is -2.16. The number of carbonyl (C=O) groups excluding carboxylic acids is 3. The highest BCUT2D eigenvalue weighted by atomic mass is 19.4. The second-order valence-corrected chi connectivity index (χ2v) is 7.96. The number of nitrogens with one attached hydrogen (secondary N) is 2. The Morgan fingerprint density at radius 2 is 1.54 bits per heavy atom. The molecule has 3 aromatic rings. The zero-order valence-corrected chi connectivity index (χ0v) is 18.5. The first-order valence-corrected chi connectivity index (χ1v) is 10.9. The van der Waals surface area contributed by atoms with Crippen molar-refractivity contribution in [3.05, 3.63) is 78.1 Å². The molecule has 0 radical (unpaired) electrons. The molecule has 1 aromatic heterocycles. The molecular weight excluding hydrogens is 463 g/mol. The maximum atomic E-state index is 13.4. The summed E-state index contributed by atoms with van der Waals surface area (Å²) in [7, 11) is 0. The van der Waals surface area contributed by atoms with E-state index < -0.39 is 29.3 Å². The molecule has 1 saturated heterocycles. The predicted molar refractivity (Wildman–Crippen MR) is 121 cm³/mol. The van der Waals surface area contributed by atoms with Gasteiger partial charge in [0.05, 0.1) is 17.2 Å². The van der Waals surface area contributed by atoms with E-state index in [1.165, 1.54) is 4.90 Å². The third-order valence-corrected chi connectivity index (χ3v) is 5.52. The normalized spacial score (nSPS) is 15.8. The largest absolute Gasteiger partial charge is 0.435 e. The van der Waals surface area contributed by atoms with Crippen molar-refractivity contribution >= 4 is 23.4 Å². The Morgan fingerprint density at radius 3 is 2.17 bits per heavy atom. The van der Waals surface area contributed by atoms with Crippen LogP contribution in [0.25, 0.3) is 5.69 Å². The quantitative estimate of drug-likeness (QED) is 0.503. The minimum absolute atomic E-state index is 0.00518. The van der Waals surface area contributed by atoms with Gasteiger partial charge in [-0.1, -0.05) is 36.4 Å². The Balaban J connectivity index is 1.32. The lowest BCUT2D eigenvalue weighted by atomic mass is 10.1. The van der Waals surface area contributed by atoms with Crippen LogP contribution in [0.2, 0.25) is 0 Å². The summed E-state index contributed by atoms with van der Waals surface area (Å²) in [5.74, 6) is -2.04. The molecule has 2 N–H and O–H groups in total. The average molecular weight is 485 g/mol. The molecule has 0 spiro atoms. The molecule has 11 heteroatoms. The smallest absolute Gasteiger partial charge is 0.354 e. The number of aromatic nitrogens is 2. The highest BCUT2D eigenvalue weighted by molar-refractivity contribution is 6.00. The maximum Gasteiger partial charge on any atom is 0.435 e. The van der Waals surface area contributed by atoms with Crippen molar-refractivity contribution in [2.75, 3.05) is 24.5 Å². The fourth-order valence-corrected chi connectivity index (χ4v) is 3.80. The Bertz CT molecular complexity index is 1210. The number of hydrogen-bond acceptors (Lipinski definition) is 4. The Hall–Kier alpha value is -4.15. The summed E-state index contributed by atoms with van der Waals surface area (Å²) in [5.41, 5.74) is -0.836. The van der Waals surface area contributed by atoms with Crippen LogP contribution in [0.15, 0.2) is 66.9 Å². The zero-order chi connectivity index (χ0) is 25.0. The minimum atomic E-state index is -4.82. The molecule has 1 atom stereocenters. The fourth-order valence-electron chi connectivity index (χ4n) is 3.80. The highest BCUT2D eigenvalue weighted by Gasteiger charge is 2.39. The van der Waals surface area contributed by atoms with Gasteiger partial charge in [0.25, 0.3) is 5.91 Å². The van der Waals surface area contributed by atoms with Crippen LogP contribution in [0, 0.1) is 5.92 Å². The predicted octanol–water partition coefficient (Wildman–Crippen LogP) is 2.79. The third-order valence-electron chi connectivity index (χ3n) is 5.52.